The number of halogens is 2. The summed E-state index contributed by atoms with van der Waals surface area (Å²) in [6, 6.07) is 13.2. The number of hydrogen-bond acceptors (Lipinski definition) is 5. The van der Waals surface area contributed by atoms with Gasteiger partial charge < -0.3 is 15.1 Å². The second-order valence-electron chi connectivity index (χ2n) is 9.64. The zero-order valence-corrected chi connectivity index (χ0v) is 22.3. The van der Waals surface area contributed by atoms with Gasteiger partial charge in [-0.15, -0.1) is 0 Å². The Morgan fingerprint density at radius 2 is 1.81 bits per heavy atom. The number of nitrogens with zero attached hydrogens (tertiary/aromatic N) is 4. The minimum atomic E-state index is -0.855. The Morgan fingerprint density at radius 3 is 2.43 bits per heavy atom. The van der Waals surface area contributed by atoms with Gasteiger partial charge in [-0.1, -0.05) is 48.7 Å². The normalized spacial score (nSPS) is 21.6. The SMILES string of the molecule is CCCCNCC(=O)N1C[C@H]2C(=O)N(c3cc(Cl)cc(Cl)c3)C(=O)N(C)C[C@@]2(c2ccc(C#N)cc2)C1. The standard InChI is InChI=1S/C27H29Cl2N5O3/c1-3-4-9-31-14-24(35)33-15-23-25(36)34(22-11-20(28)10-21(29)12-22)26(37)32(2)16-27(23,17-33)19-7-5-18(13-30)6-8-19/h5-8,10-12,23,31H,3-4,9,14-17H2,1-2H3/t23-,27-/m0/s1. The highest BCUT2D eigenvalue weighted by Gasteiger charge is 2.57. The number of carbonyl (C=O) groups is 3. The minimum Gasteiger partial charge on any atom is -0.340 e. The van der Waals surface area contributed by atoms with Crippen molar-refractivity contribution in [2.75, 3.05) is 44.7 Å². The molecule has 2 saturated heterocycles. The first-order valence-electron chi connectivity index (χ1n) is 12.2. The van der Waals surface area contributed by atoms with Crippen LogP contribution in [0.15, 0.2) is 42.5 Å². The third kappa shape index (κ3) is 5.30. The first kappa shape index (κ1) is 26.9. The summed E-state index contributed by atoms with van der Waals surface area (Å²) in [6.07, 6.45) is 1.99. The Balaban J connectivity index is 1.76. The third-order valence-electron chi connectivity index (χ3n) is 7.13. The van der Waals surface area contributed by atoms with Crippen LogP contribution in [0.2, 0.25) is 10.0 Å². The van der Waals surface area contributed by atoms with Gasteiger partial charge in [0, 0.05) is 42.1 Å². The fourth-order valence-corrected chi connectivity index (χ4v) is 5.78. The molecule has 0 spiro atoms. The van der Waals surface area contributed by atoms with Crippen molar-refractivity contribution in [3.8, 4) is 6.07 Å². The molecule has 2 atom stereocenters. The zero-order valence-electron chi connectivity index (χ0n) is 20.8. The van der Waals surface area contributed by atoms with Crippen molar-refractivity contribution < 1.29 is 14.4 Å². The van der Waals surface area contributed by atoms with E-state index in [0.29, 0.717) is 15.6 Å². The molecule has 194 valence electrons. The first-order valence-corrected chi connectivity index (χ1v) is 13.0. The number of nitriles is 1. The second kappa shape index (κ2) is 11.1. The fraction of sp³-hybridized carbons (Fsp3) is 0.407. The highest BCUT2D eigenvalue weighted by Crippen LogP contribution is 2.44. The predicted molar refractivity (Wildman–Crippen MR) is 143 cm³/mol. The molecule has 0 radical (unpaired) electrons. The van der Waals surface area contributed by atoms with Crippen LogP contribution in [0.4, 0.5) is 10.5 Å². The number of carbonyl (C=O) groups excluding carboxylic acids is 3. The topological polar surface area (TPSA) is 96.8 Å². The molecule has 1 N–H and O–H groups in total. The van der Waals surface area contributed by atoms with Crippen molar-refractivity contribution in [1.82, 2.24) is 15.1 Å². The number of amides is 4. The van der Waals surface area contributed by atoms with Gasteiger partial charge in [0.2, 0.25) is 11.8 Å². The van der Waals surface area contributed by atoms with Crippen molar-refractivity contribution >= 4 is 46.7 Å². The van der Waals surface area contributed by atoms with Crippen LogP contribution in [0.3, 0.4) is 0 Å². The van der Waals surface area contributed by atoms with Crippen LogP contribution in [0.5, 0.6) is 0 Å². The molecular weight excluding hydrogens is 513 g/mol. The lowest BCUT2D eigenvalue weighted by Crippen LogP contribution is -2.46. The van der Waals surface area contributed by atoms with E-state index in [2.05, 4.69) is 18.3 Å². The van der Waals surface area contributed by atoms with Crippen LogP contribution < -0.4 is 10.2 Å². The van der Waals surface area contributed by atoms with E-state index in [-0.39, 0.29) is 37.8 Å². The Labute approximate surface area is 226 Å². The van der Waals surface area contributed by atoms with Crippen molar-refractivity contribution in [1.29, 1.82) is 5.26 Å². The third-order valence-corrected chi connectivity index (χ3v) is 7.57. The molecule has 10 heteroatoms. The molecule has 4 rings (SSSR count). The number of anilines is 1. The zero-order chi connectivity index (χ0) is 26.7. The van der Waals surface area contributed by atoms with Crippen molar-refractivity contribution in [2.24, 2.45) is 5.92 Å². The lowest BCUT2D eigenvalue weighted by molar-refractivity contribution is -0.129. The molecular formula is C27H29Cl2N5O3. The summed E-state index contributed by atoms with van der Waals surface area (Å²) >= 11 is 12.4. The van der Waals surface area contributed by atoms with Gasteiger partial charge in [0.25, 0.3) is 0 Å². The maximum atomic E-state index is 14.2. The van der Waals surface area contributed by atoms with E-state index in [4.69, 9.17) is 23.2 Å². The van der Waals surface area contributed by atoms with Crippen LogP contribution >= 0.6 is 23.2 Å². The highest BCUT2D eigenvalue weighted by atomic mass is 35.5. The van der Waals surface area contributed by atoms with E-state index >= 15 is 0 Å². The van der Waals surface area contributed by atoms with Gasteiger partial charge in [-0.05, 0) is 48.9 Å². The second-order valence-corrected chi connectivity index (χ2v) is 10.5. The first-order chi connectivity index (χ1) is 17.7. The molecule has 0 bridgehead atoms. The number of rotatable bonds is 7. The van der Waals surface area contributed by atoms with Gasteiger partial charge in [0.05, 0.1) is 29.8 Å². The smallest absolute Gasteiger partial charge is 0.331 e. The van der Waals surface area contributed by atoms with Crippen LogP contribution in [-0.2, 0) is 15.0 Å². The number of likely N-dealkylation sites (tertiary alicyclic amines) is 1. The molecule has 2 aliphatic heterocycles. The molecule has 8 nitrogen and oxygen atoms in total. The summed E-state index contributed by atoms with van der Waals surface area (Å²) in [6.45, 7) is 3.64. The summed E-state index contributed by atoms with van der Waals surface area (Å²) in [5, 5.41) is 13.1. The van der Waals surface area contributed by atoms with E-state index < -0.39 is 23.3 Å². The van der Waals surface area contributed by atoms with E-state index in [1.54, 1.807) is 24.1 Å². The average molecular weight is 542 g/mol. The molecule has 4 amide bonds. The number of hydrogen-bond donors (Lipinski definition) is 1. The van der Waals surface area contributed by atoms with Gasteiger partial charge in [0.15, 0.2) is 0 Å². The highest BCUT2D eigenvalue weighted by molar-refractivity contribution is 6.35. The number of nitrogens with one attached hydrogen (secondary N) is 1. The number of benzene rings is 2. The van der Waals surface area contributed by atoms with Crippen LogP contribution in [0.1, 0.15) is 30.9 Å². The average Bonchev–Trinajstić information content (AvgIpc) is 3.23. The molecule has 0 saturated carbocycles. The summed E-state index contributed by atoms with van der Waals surface area (Å²) in [4.78, 5) is 45.2. The predicted octanol–water partition coefficient (Wildman–Crippen LogP) is 4.05. The van der Waals surface area contributed by atoms with Crippen molar-refractivity contribution in [3.05, 3.63) is 63.6 Å². The maximum Gasteiger partial charge on any atom is 0.331 e. The number of urea groups is 1. The number of likely N-dealkylation sites (N-methyl/N-ethyl adjacent to an activating group) is 1. The Kier molecular flexibility index (Phi) is 8.08. The van der Waals surface area contributed by atoms with Gasteiger partial charge in [0.1, 0.15) is 0 Å². The fourth-order valence-electron chi connectivity index (χ4n) is 5.26. The summed E-state index contributed by atoms with van der Waals surface area (Å²) in [5.74, 6) is -1.23. The number of fused-ring (bicyclic) bond motifs is 1. The summed E-state index contributed by atoms with van der Waals surface area (Å²) < 4.78 is 0. The van der Waals surface area contributed by atoms with Crippen molar-refractivity contribution in [2.45, 2.75) is 25.2 Å². The molecule has 0 unspecified atom stereocenters. The molecule has 2 fully saturated rings. The van der Waals surface area contributed by atoms with E-state index in [1.165, 1.54) is 23.1 Å². The van der Waals surface area contributed by atoms with Gasteiger partial charge in [-0.25, -0.2) is 9.69 Å². The molecule has 37 heavy (non-hydrogen) atoms. The van der Waals surface area contributed by atoms with E-state index in [9.17, 15) is 19.6 Å². The molecule has 0 aromatic heterocycles. The van der Waals surface area contributed by atoms with Crippen LogP contribution in [-0.4, -0.2) is 67.4 Å². The monoisotopic (exact) mass is 541 g/mol. The molecule has 0 aliphatic carbocycles. The van der Waals surface area contributed by atoms with E-state index in [0.717, 1.165) is 29.8 Å². The lowest BCUT2D eigenvalue weighted by atomic mass is 9.71. The maximum absolute atomic E-state index is 14.2. The number of imide groups is 1. The molecule has 2 heterocycles. The summed E-state index contributed by atoms with van der Waals surface area (Å²) in [5.41, 5.74) is 0.708. The number of unbranched alkanes of at least 4 members (excludes halogenated alkanes) is 1. The molecule has 2 aromatic rings. The quantitative estimate of drug-likeness (QED) is 0.533. The Morgan fingerprint density at radius 1 is 1.14 bits per heavy atom. The Bertz CT molecular complexity index is 1230. The van der Waals surface area contributed by atoms with E-state index in [1.807, 2.05) is 12.1 Å². The minimum absolute atomic E-state index is 0.101. The van der Waals surface area contributed by atoms with Crippen LogP contribution in [0, 0.1) is 17.2 Å². The van der Waals surface area contributed by atoms with Gasteiger partial charge in [-0.2, -0.15) is 5.26 Å². The molecule has 2 aromatic carbocycles. The van der Waals surface area contributed by atoms with Gasteiger partial charge >= 0.3 is 6.03 Å². The van der Waals surface area contributed by atoms with Crippen molar-refractivity contribution in [3.63, 3.8) is 0 Å². The molecule has 2 aliphatic rings. The van der Waals surface area contributed by atoms with Crippen LogP contribution in [0.25, 0.3) is 0 Å². The largest absolute Gasteiger partial charge is 0.340 e. The lowest BCUT2D eigenvalue weighted by Gasteiger charge is -2.34. The summed E-state index contributed by atoms with van der Waals surface area (Å²) in [7, 11) is 1.64. The van der Waals surface area contributed by atoms with Gasteiger partial charge in [-0.3, -0.25) is 9.59 Å². The Hall–Kier alpha value is -3.12.